The van der Waals surface area contributed by atoms with Gasteiger partial charge in [-0.2, -0.15) is 0 Å². The van der Waals surface area contributed by atoms with Crippen LogP contribution in [0, 0.1) is 11.6 Å². The van der Waals surface area contributed by atoms with E-state index in [-0.39, 0.29) is 65.3 Å². The highest BCUT2D eigenvalue weighted by atomic mass is 19.1. The lowest BCUT2D eigenvalue weighted by atomic mass is 9.83. The Morgan fingerprint density at radius 1 is 0.469 bits per heavy atom. The van der Waals surface area contributed by atoms with Crippen LogP contribution in [0.25, 0.3) is 43.1 Å². The maximum absolute atomic E-state index is 15.4. The van der Waals surface area contributed by atoms with Gasteiger partial charge in [-0.25, -0.2) is 28.0 Å². The quantitative estimate of drug-likeness (QED) is 0.155. The number of hydrogen-bond donors (Lipinski definition) is 0. The van der Waals surface area contributed by atoms with Crippen molar-refractivity contribution in [3.05, 3.63) is 70.3 Å². The van der Waals surface area contributed by atoms with Crippen LogP contribution in [0.2, 0.25) is 0 Å². The molecular formula is C24H6F2O6. The minimum absolute atomic E-state index is 0.0464. The summed E-state index contributed by atoms with van der Waals surface area (Å²) >= 11 is 0. The Kier molecular flexibility index (Phi) is 2.82. The van der Waals surface area contributed by atoms with Gasteiger partial charge in [-0.15, -0.1) is 0 Å². The molecule has 2 aliphatic heterocycles. The molecule has 0 unspecified atom stereocenters. The Morgan fingerprint density at radius 3 is 1.25 bits per heavy atom. The Balaban J connectivity index is 1.88. The molecule has 0 atom stereocenters. The number of cyclic esters (lactones) is 4. The fraction of sp³-hybridized carbons (Fsp3) is 0. The number of hydrogen-bond acceptors (Lipinski definition) is 6. The standard InChI is InChI=1S/C24H6F2O6/c25-13-5-12-16-10(22(28)32-24(12)30)4-2-8-18-14(26)6-11-15-9(21(27)31-23(11)29)3-1-7(19(15)18)17(13)20(8)16/h1-6H. The molecule has 0 N–H and O–H groups in total. The van der Waals surface area contributed by atoms with Gasteiger partial charge in [0.15, 0.2) is 0 Å². The van der Waals surface area contributed by atoms with Crippen molar-refractivity contribution in [2.45, 2.75) is 0 Å². The Hall–Kier alpha value is -4.46. The molecule has 0 radical (unpaired) electrons. The van der Waals surface area contributed by atoms with Gasteiger partial charge in [0, 0.05) is 32.3 Å². The smallest absolute Gasteiger partial charge is 0.346 e. The SMILES string of the molecule is O=C1OC(=O)c2cc(F)c3c4ccc5c6c(cc(F)c(c7ccc1c2c73)c64)C(=O)OC5=O. The van der Waals surface area contributed by atoms with Gasteiger partial charge in [0.25, 0.3) is 0 Å². The summed E-state index contributed by atoms with van der Waals surface area (Å²) in [5, 5.41) is 1.31. The molecule has 0 aliphatic carbocycles. The van der Waals surface area contributed by atoms with E-state index in [1.807, 2.05) is 0 Å². The molecule has 5 aromatic rings. The largest absolute Gasteiger partial charge is 0.386 e. The van der Waals surface area contributed by atoms with Crippen LogP contribution in [0.4, 0.5) is 8.78 Å². The first-order valence-electron chi connectivity index (χ1n) is 9.49. The van der Waals surface area contributed by atoms with Crippen LogP contribution in [0.3, 0.4) is 0 Å². The highest BCUT2D eigenvalue weighted by Crippen LogP contribution is 2.47. The van der Waals surface area contributed by atoms with E-state index in [1.165, 1.54) is 24.3 Å². The summed E-state index contributed by atoms with van der Waals surface area (Å²) in [7, 11) is 0. The third-order valence-electron chi connectivity index (χ3n) is 6.26. The third-order valence-corrected chi connectivity index (χ3v) is 6.26. The van der Waals surface area contributed by atoms with Crippen LogP contribution in [-0.2, 0) is 9.47 Å². The predicted molar refractivity (Wildman–Crippen MR) is 107 cm³/mol. The van der Waals surface area contributed by atoms with E-state index >= 15 is 8.78 Å². The van der Waals surface area contributed by atoms with E-state index in [0.717, 1.165) is 12.1 Å². The summed E-state index contributed by atoms with van der Waals surface area (Å²) in [6, 6.07) is 7.63. The van der Waals surface area contributed by atoms with Crippen molar-refractivity contribution in [1.82, 2.24) is 0 Å². The van der Waals surface area contributed by atoms with Crippen molar-refractivity contribution in [1.29, 1.82) is 0 Å². The first kappa shape index (κ1) is 17.2. The molecule has 0 saturated carbocycles. The van der Waals surface area contributed by atoms with E-state index in [0.29, 0.717) is 0 Å². The molecule has 0 fully saturated rings. The summed E-state index contributed by atoms with van der Waals surface area (Å²) in [4.78, 5) is 49.2. The fourth-order valence-corrected chi connectivity index (χ4v) is 5.06. The Morgan fingerprint density at radius 2 is 0.844 bits per heavy atom. The van der Waals surface area contributed by atoms with Gasteiger partial charge in [0.2, 0.25) is 0 Å². The maximum Gasteiger partial charge on any atom is 0.346 e. The second kappa shape index (κ2) is 5.23. The van der Waals surface area contributed by atoms with Gasteiger partial charge in [-0.1, -0.05) is 12.1 Å². The van der Waals surface area contributed by atoms with Crippen LogP contribution in [0.15, 0.2) is 36.4 Å². The van der Waals surface area contributed by atoms with Gasteiger partial charge >= 0.3 is 23.9 Å². The molecule has 2 aliphatic rings. The first-order valence-corrected chi connectivity index (χ1v) is 9.49. The second-order valence-corrected chi connectivity index (χ2v) is 7.74. The average molecular weight is 428 g/mol. The summed E-state index contributed by atoms with van der Waals surface area (Å²) < 4.78 is 40.3. The average Bonchev–Trinajstić information content (AvgIpc) is 2.76. The van der Waals surface area contributed by atoms with Crippen LogP contribution < -0.4 is 0 Å². The van der Waals surface area contributed by atoms with Gasteiger partial charge in [0.05, 0.1) is 22.3 Å². The number of fused-ring (bicyclic) bond motifs is 2. The molecule has 152 valence electrons. The van der Waals surface area contributed by atoms with E-state index in [2.05, 4.69) is 0 Å². The number of carbonyl (C=O) groups excluding carboxylic acids is 4. The van der Waals surface area contributed by atoms with Crippen LogP contribution in [0.5, 0.6) is 0 Å². The van der Waals surface area contributed by atoms with Crippen LogP contribution in [0.1, 0.15) is 41.4 Å². The lowest BCUT2D eigenvalue weighted by molar-refractivity contribution is 0.0373. The lowest BCUT2D eigenvalue weighted by Crippen LogP contribution is -2.21. The van der Waals surface area contributed by atoms with Crippen molar-refractivity contribution in [3.8, 4) is 0 Å². The van der Waals surface area contributed by atoms with Crippen molar-refractivity contribution < 1.29 is 37.4 Å². The molecular weight excluding hydrogens is 422 g/mol. The zero-order valence-corrected chi connectivity index (χ0v) is 15.7. The summed E-state index contributed by atoms with van der Waals surface area (Å²) in [6.45, 7) is 0. The van der Waals surface area contributed by atoms with Crippen molar-refractivity contribution in [3.63, 3.8) is 0 Å². The van der Waals surface area contributed by atoms with Gasteiger partial charge in [0.1, 0.15) is 11.6 Å². The number of esters is 4. The molecule has 7 rings (SSSR count). The zero-order valence-electron chi connectivity index (χ0n) is 15.7. The van der Waals surface area contributed by atoms with Crippen LogP contribution in [-0.4, -0.2) is 23.9 Å². The van der Waals surface area contributed by atoms with Crippen molar-refractivity contribution >= 4 is 67.0 Å². The molecule has 0 spiro atoms. The molecule has 0 aromatic heterocycles. The minimum Gasteiger partial charge on any atom is -0.386 e. The zero-order chi connectivity index (χ0) is 22.0. The fourth-order valence-electron chi connectivity index (χ4n) is 5.06. The molecule has 0 bridgehead atoms. The molecule has 8 heteroatoms. The minimum atomic E-state index is -0.991. The highest BCUT2D eigenvalue weighted by Gasteiger charge is 2.34. The summed E-state index contributed by atoms with van der Waals surface area (Å²) in [6.07, 6.45) is 0. The molecule has 0 amide bonds. The molecule has 0 saturated heterocycles. The van der Waals surface area contributed by atoms with Crippen LogP contribution >= 0.6 is 0 Å². The van der Waals surface area contributed by atoms with Gasteiger partial charge in [-0.05, 0) is 35.0 Å². The highest BCUT2D eigenvalue weighted by molar-refractivity contribution is 6.40. The van der Waals surface area contributed by atoms with Crippen molar-refractivity contribution in [2.24, 2.45) is 0 Å². The van der Waals surface area contributed by atoms with E-state index < -0.39 is 35.5 Å². The Labute approximate surface area is 175 Å². The van der Waals surface area contributed by atoms with E-state index in [4.69, 9.17) is 9.47 Å². The van der Waals surface area contributed by atoms with E-state index in [9.17, 15) is 19.2 Å². The number of carbonyl (C=O) groups is 4. The number of rotatable bonds is 0. The number of ether oxygens (including phenoxy) is 2. The van der Waals surface area contributed by atoms with Crippen molar-refractivity contribution in [2.75, 3.05) is 0 Å². The topological polar surface area (TPSA) is 86.7 Å². The maximum atomic E-state index is 15.4. The van der Waals surface area contributed by atoms with E-state index in [1.54, 1.807) is 0 Å². The number of halogens is 2. The normalized spacial score (nSPS) is 15.3. The molecule has 5 aromatic carbocycles. The predicted octanol–water partition coefficient (Wildman–Crippen LogP) is 4.64. The Bertz CT molecular complexity index is 1680. The molecule has 6 nitrogen and oxygen atoms in total. The monoisotopic (exact) mass is 428 g/mol. The third kappa shape index (κ3) is 1.76. The first-order chi connectivity index (χ1) is 15.4. The molecule has 32 heavy (non-hydrogen) atoms. The van der Waals surface area contributed by atoms with Gasteiger partial charge < -0.3 is 9.47 Å². The summed E-state index contributed by atoms with van der Waals surface area (Å²) in [5.74, 6) is -5.31. The summed E-state index contributed by atoms with van der Waals surface area (Å²) in [5.41, 5.74) is -0.141. The molecule has 2 heterocycles. The lowest BCUT2D eigenvalue weighted by Gasteiger charge is -2.23. The number of benzene rings is 5. The second-order valence-electron chi connectivity index (χ2n) is 7.74. The van der Waals surface area contributed by atoms with Gasteiger partial charge in [-0.3, -0.25) is 0 Å².